The molecule has 2 heterocycles. The highest BCUT2D eigenvalue weighted by atomic mass is 16.5. The van der Waals surface area contributed by atoms with Gasteiger partial charge in [-0.1, -0.05) is 5.16 Å². The van der Waals surface area contributed by atoms with Crippen molar-refractivity contribution in [2.75, 3.05) is 13.2 Å². The van der Waals surface area contributed by atoms with Gasteiger partial charge in [-0.15, -0.1) is 0 Å². The van der Waals surface area contributed by atoms with Crippen LogP contribution < -0.4 is 5.73 Å². The van der Waals surface area contributed by atoms with E-state index in [0.717, 1.165) is 51.1 Å². The number of nitrogens with two attached hydrogens (primary N) is 1. The Labute approximate surface area is 101 Å². The molecule has 2 aliphatic rings. The Morgan fingerprint density at radius 3 is 2.71 bits per heavy atom. The van der Waals surface area contributed by atoms with E-state index in [0.29, 0.717) is 11.8 Å². The van der Waals surface area contributed by atoms with Crippen molar-refractivity contribution < 1.29 is 9.26 Å². The van der Waals surface area contributed by atoms with Gasteiger partial charge < -0.3 is 15.0 Å². The molecule has 1 aromatic heterocycles. The zero-order valence-electron chi connectivity index (χ0n) is 10.0. The molecule has 1 aliphatic heterocycles. The Morgan fingerprint density at radius 1 is 1.29 bits per heavy atom. The van der Waals surface area contributed by atoms with Gasteiger partial charge >= 0.3 is 0 Å². The number of hydrogen-bond acceptors (Lipinski definition) is 5. The summed E-state index contributed by atoms with van der Waals surface area (Å²) in [7, 11) is 0. The zero-order chi connectivity index (χ0) is 11.7. The predicted octanol–water partition coefficient (Wildman–Crippen LogP) is 1.39. The quantitative estimate of drug-likeness (QED) is 0.859. The lowest BCUT2D eigenvalue weighted by Gasteiger charge is -2.36. The molecule has 0 spiro atoms. The molecule has 3 rings (SSSR count). The van der Waals surface area contributed by atoms with Crippen LogP contribution in [0.2, 0.25) is 0 Å². The van der Waals surface area contributed by atoms with Gasteiger partial charge in [0.2, 0.25) is 5.89 Å². The lowest BCUT2D eigenvalue weighted by atomic mass is 9.75. The zero-order valence-corrected chi connectivity index (χ0v) is 10.0. The minimum atomic E-state index is -0.0838. The van der Waals surface area contributed by atoms with E-state index < -0.39 is 0 Å². The number of nitrogens with zero attached hydrogens (tertiary/aromatic N) is 2. The molecule has 0 amide bonds. The van der Waals surface area contributed by atoms with Crippen LogP contribution in [-0.4, -0.2) is 28.9 Å². The second kappa shape index (κ2) is 4.38. The first-order chi connectivity index (χ1) is 8.25. The third kappa shape index (κ3) is 2.35. The molecule has 0 radical (unpaired) electrons. The van der Waals surface area contributed by atoms with Crippen molar-refractivity contribution in [3.63, 3.8) is 0 Å². The van der Waals surface area contributed by atoms with E-state index in [1.165, 1.54) is 6.42 Å². The van der Waals surface area contributed by atoms with Crippen molar-refractivity contribution in [2.24, 2.45) is 5.73 Å². The van der Waals surface area contributed by atoms with E-state index in [-0.39, 0.29) is 5.54 Å². The highest BCUT2D eigenvalue weighted by Gasteiger charge is 2.35. The molecule has 5 heteroatoms. The van der Waals surface area contributed by atoms with E-state index in [1.807, 2.05) is 0 Å². The van der Waals surface area contributed by atoms with Crippen molar-refractivity contribution in [3.8, 4) is 0 Å². The van der Waals surface area contributed by atoms with E-state index >= 15 is 0 Å². The first kappa shape index (κ1) is 11.2. The lowest BCUT2D eigenvalue weighted by molar-refractivity contribution is 0.0830. The number of rotatable bonds is 3. The van der Waals surface area contributed by atoms with E-state index in [2.05, 4.69) is 10.1 Å². The number of ether oxygens (including phenoxy) is 1. The van der Waals surface area contributed by atoms with Gasteiger partial charge in [-0.2, -0.15) is 4.98 Å². The molecular formula is C12H19N3O2. The molecule has 1 saturated carbocycles. The lowest BCUT2D eigenvalue weighted by Crippen LogP contribution is -2.48. The molecule has 5 nitrogen and oxygen atoms in total. The van der Waals surface area contributed by atoms with Crippen molar-refractivity contribution >= 4 is 0 Å². The first-order valence-corrected chi connectivity index (χ1v) is 6.44. The summed E-state index contributed by atoms with van der Waals surface area (Å²) in [5.74, 6) is 1.94. The summed E-state index contributed by atoms with van der Waals surface area (Å²) in [6, 6.07) is 0. The van der Waals surface area contributed by atoms with Crippen LogP contribution in [0.3, 0.4) is 0 Å². The molecule has 17 heavy (non-hydrogen) atoms. The summed E-state index contributed by atoms with van der Waals surface area (Å²) < 4.78 is 10.6. The van der Waals surface area contributed by atoms with Crippen LogP contribution in [0, 0.1) is 0 Å². The second-order valence-electron chi connectivity index (χ2n) is 5.33. The molecule has 0 unspecified atom stereocenters. The fourth-order valence-corrected chi connectivity index (χ4v) is 2.57. The summed E-state index contributed by atoms with van der Waals surface area (Å²) in [4.78, 5) is 4.49. The van der Waals surface area contributed by atoms with Gasteiger partial charge in [-0.3, -0.25) is 0 Å². The maximum atomic E-state index is 6.17. The maximum Gasteiger partial charge on any atom is 0.228 e. The van der Waals surface area contributed by atoms with Gasteiger partial charge in [-0.25, -0.2) is 0 Å². The average molecular weight is 237 g/mol. The molecular weight excluding hydrogens is 218 g/mol. The van der Waals surface area contributed by atoms with Crippen molar-refractivity contribution in [1.82, 2.24) is 10.1 Å². The van der Waals surface area contributed by atoms with Gasteiger partial charge in [0.1, 0.15) is 0 Å². The van der Waals surface area contributed by atoms with Crippen LogP contribution in [0.25, 0.3) is 0 Å². The first-order valence-electron chi connectivity index (χ1n) is 6.44. The van der Waals surface area contributed by atoms with E-state index in [1.54, 1.807) is 0 Å². The Kier molecular flexibility index (Phi) is 2.88. The minimum Gasteiger partial charge on any atom is -0.381 e. The predicted molar refractivity (Wildman–Crippen MR) is 61.6 cm³/mol. The van der Waals surface area contributed by atoms with Gasteiger partial charge in [0, 0.05) is 31.1 Å². The number of hydrogen-bond donors (Lipinski definition) is 1. The third-order valence-electron chi connectivity index (χ3n) is 3.92. The molecule has 94 valence electrons. The molecule has 0 bridgehead atoms. The second-order valence-corrected chi connectivity index (χ2v) is 5.33. The smallest absolute Gasteiger partial charge is 0.228 e. The molecule has 1 aliphatic carbocycles. The molecule has 1 aromatic rings. The fraction of sp³-hybridized carbons (Fsp3) is 0.833. The van der Waals surface area contributed by atoms with Gasteiger partial charge in [-0.05, 0) is 32.1 Å². The SMILES string of the molecule is NC1(Cc2nc(C3CCOCC3)no2)CCC1. The van der Waals surface area contributed by atoms with Crippen molar-refractivity contribution in [2.45, 2.75) is 50.0 Å². The standard InChI is InChI=1S/C12H19N3O2/c13-12(4-1-5-12)8-10-14-11(15-17-10)9-2-6-16-7-3-9/h9H,1-8,13H2. The molecule has 0 aromatic carbocycles. The molecule has 1 saturated heterocycles. The highest BCUT2D eigenvalue weighted by molar-refractivity contribution is 5.03. The highest BCUT2D eigenvalue weighted by Crippen LogP contribution is 2.32. The Morgan fingerprint density at radius 2 is 2.06 bits per heavy atom. The minimum absolute atomic E-state index is 0.0838. The van der Waals surface area contributed by atoms with Gasteiger partial charge in [0.15, 0.2) is 5.82 Å². The normalized spacial score (nSPS) is 24.5. The van der Waals surface area contributed by atoms with Crippen molar-refractivity contribution in [1.29, 1.82) is 0 Å². The summed E-state index contributed by atoms with van der Waals surface area (Å²) in [5, 5.41) is 4.09. The molecule has 0 atom stereocenters. The van der Waals surface area contributed by atoms with Gasteiger partial charge in [0.25, 0.3) is 0 Å². The average Bonchev–Trinajstić information content (AvgIpc) is 2.77. The summed E-state index contributed by atoms with van der Waals surface area (Å²) in [6.07, 6.45) is 6.07. The fourth-order valence-electron chi connectivity index (χ4n) is 2.57. The van der Waals surface area contributed by atoms with Crippen LogP contribution in [0.5, 0.6) is 0 Å². The summed E-state index contributed by atoms with van der Waals surface area (Å²) in [5.41, 5.74) is 6.09. The third-order valence-corrected chi connectivity index (χ3v) is 3.92. The van der Waals surface area contributed by atoms with E-state index in [4.69, 9.17) is 15.0 Å². The molecule has 2 fully saturated rings. The topological polar surface area (TPSA) is 74.2 Å². The van der Waals surface area contributed by atoms with Crippen LogP contribution in [0.4, 0.5) is 0 Å². The largest absolute Gasteiger partial charge is 0.381 e. The van der Waals surface area contributed by atoms with Gasteiger partial charge in [0.05, 0.1) is 0 Å². The van der Waals surface area contributed by atoms with Crippen LogP contribution in [0.1, 0.15) is 49.7 Å². The number of aromatic nitrogens is 2. The maximum absolute atomic E-state index is 6.17. The van der Waals surface area contributed by atoms with E-state index in [9.17, 15) is 0 Å². The van der Waals surface area contributed by atoms with Crippen LogP contribution >= 0.6 is 0 Å². The Hall–Kier alpha value is -0.940. The summed E-state index contributed by atoms with van der Waals surface area (Å²) in [6.45, 7) is 1.60. The summed E-state index contributed by atoms with van der Waals surface area (Å²) >= 11 is 0. The molecule has 2 N–H and O–H groups in total. The van der Waals surface area contributed by atoms with Crippen LogP contribution in [0.15, 0.2) is 4.52 Å². The van der Waals surface area contributed by atoms with Crippen molar-refractivity contribution in [3.05, 3.63) is 11.7 Å². The van der Waals surface area contributed by atoms with Crippen LogP contribution in [-0.2, 0) is 11.2 Å². The monoisotopic (exact) mass is 237 g/mol. The Balaban J connectivity index is 1.65. The Bertz CT molecular complexity index is 381.